The molecule has 2 unspecified atom stereocenters. The first-order chi connectivity index (χ1) is 8.27. The molecule has 94 valence electrons. The predicted molar refractivity (Wildman–Crippen MR) is 65.8 cm³/mol. The minimum absolute atomic E-state index is 0.235. The summed E-state index contributed by atoms with van der Waals surface area (Å²) in [6.07, 6.45) is 3.41. The van der Waals surface area contributed by atoms with Crippen molar-refractivity contribution in [2.75, 3.05) is 32.8 Å². The number of Topliss-reactive ketones (excluding diaryl/α,β-unsaturated/α-hetero) is 1. The minimum atomic E-state index is 0.235. The van der Waals surface area contributed by atoms with Gasteiger partial charge < -0.3 is 4.74 Å². The van der Waals surface area contributed by atoms with Crippen LogP contribution in [0.15, 0.2) is 11.1 Å². The van der Waals surface area contributed by atoms with Crippen molar-refractivity contribution in [3.63, 3.8) is 0 Å². The van der Waals surface area contributed by atoms with Gasteiger partial charge in [0.15, 0.2) is 5.78 Å². The van der Waals surface area contributed by atoms with Gasteiger partial charge in [0.25, 0.3) is 0 Å². The fraction of sp³-hybridized carbons (Fsp3) is 0.786. The van der Waals surface area contributed by atoms with Gasteiger partial charge >= 0.3 is 0 Å². The van der Waals surface area contributed by atoms with Crippen molar-refractivity contribution >= 4 is 5.78 Å². The molecule has 0 N–H and O–H groups in total. The molecule has 0 spiro atoms. The van der Waals surface area contributed by atoms with Crippen molar-refractivity contribution in [2.45, 2.75) is 26.2 Å². The quantitative estimate of drug-likeness (QED) is 0.728. The molecule has 0 aromatic rings. The summed E-state index contributed by atoms with van der Waals surface area (Å²) in [6, 6.07) is 0. The van der Waals surface area contributed by atoms with Gasteiger partial charge in [-0.2, -0.15) is 0 Å². The van der Waals surface area contributed by atoms with E-state index in [-0.39, 0.29) is 5.92 Å². The Morgan fingerprint density at radius 2 is 2.06 bits per heavy atom. The maximum Gasteiger partial charge on any atom is 0.163 e. The van der Waals surface area contributed by atoms with E-state index in [1.807, 2.05) is 0 Å². The van der Waals surface area contributed by atoms with Gasteiger partial charge in [-0.05, 0) is 30.8 Å². The van der Waals surface area contributed by atoms with Gasteiger partial charge in [-0.25, -0.2) is 0 Å². The molecule has 2 aliphatic carbocycles. The first-order valence-corrected chi connectivity index (χ1v) is 6.83. The Morgan fingerprint density at radius 3 is 2.76 bits per heavy atom. The summed E-state index contributed by atoms with van der Waals surface area (Å²) in [5.74, 6) is 1.18. The molecule has 0 bridgehead atoms. The summed E-state index contributed by atoms with van der Waals surface area (Å²) in [7, 11) is 0. The third kappa shape index (κ3) is 1.95. The van der Waals surface area contributed by atoms with Gasteiger partial charge in [-0.3, -0.25) is 9.69 Å². The van der Waals surface area contributed by atoms with Crippen molar-refractivity contribution in [1.29, 1.82) is 0 Å². The van der Waals surface area contributed by atoms with Crippen LogP contribution in [0.5, 0.6) is 0 Å². The van der Waals surface area contributed by atoms with Crippen LogP contribution in [0.25, 0.3) is 0 Å². The zero-order chi connectivity index (χ0) is 11.8. The zero-order valence-corrected chi connectivity index (χ0v) is 10.6. The molecule has 3 aliphatic rings. The third-order valence-corrected chi connectivity index (χ3v) is 4.61. The number of carbonyl (C=O) groups excluding carboxylic acids is 1. The van der Waals surface area contributed by atoms with Gasteiger partial charge in [-0.15, -0.1) is 0 Å². The summed E-state index contributed by atoms with van der Waals surface area (Å²) in [6.45, 7) is 6.81. The monoisotopic (exact) mass is 235 g/mol. The molecule has 1 fully saturated rings. The van der Waals surface area contributed by atoms with Crippen molar-refractivity contribution in [3.05, 3.63) is 11.1 Å². The number of nitrogens with zero attached hydrogens (tertiary/aromatic N) is 1. The molecule has 2 atom stereocenters. The van der Waals surface area contributed by atoms with Crippen molar-refractivity contribution < 1.29 is 9.53 Å². The first-order valence-electron chi connectivity index (χ1n) is 6.83. The van der Waals surface area contributed by atoms with Gasteiger partial charge in [0, 0.05) is 25.6 Å². The Labute approximate surface area is 103 Å². The first kappa shape index (κ1) is 11.4. The Bertz CT molecular complexity index is 355. The fourth-order valence-electron chi connectivity index (χ4n) is 3.55. The van der Waals surface area contributed by atoms with Crippen LogP contribution in [0.1, 0.15) is 26.2 Å². The van der Waals surface area contributed by atoms with Crippen LogP contribution in [0.4, 0.5) is 0 Å². The van der Waals surface area contributed by atoms with Crippen LogP contribution in [-0.4, -0.2) is 43.5 Å². The third-order valence-electron chi connectivity index (χ3n) is 4.61. The van der Waals surface area contributed by atoms with Crippen molar-refractivity contribution in [1.82, 2.24) is 4.90 Å². The van der Waals surface area contributed by atoms with E-state index < -0.39 is 0 Å². The Hall–Kier alpha value is -0.670. The summed E-state index contributed by atoms with van der Waals surface area (Å²) < 4.78 is 5.36. The van der Waals surface area contributed by atoms with E-state index in [4.69, 9.17) is 4.74 Å². The minimum Gasteiger partial charge on any atom is -0.379 e. The summed E-state index contributed by atoms with van der Waals surface area (Å²) in [5, 5.41) is 0. The molecule has 1 saturated heterocycles. The highest BCUT2D eigenvalue weighted by atomic mass is 16.5. The summed E-state index contributed by atoms with van der Waals surface area (Å²) in [5.41, 5.74) is 2.67. The van der Waals surface area contributed by atoms with Crippen molar-refractivity contribution in [3.8, 4) is 0 Å². The topological polar surface area (TPSA) is 29.5 Å². The molecule has 0 aromatic carbocycles. The molecular weight excluding hydrogens is 214 g/mol. The van der Waals surface area contributed by atoms with E-state index in [9.17, 15) is 4.79 Å². The number of carbonyl (C=O) groups is 1. The molecule has 17 heavy (non-hydrogen) atoms. The second kappa shape index (κ2) is 4.54. The largest absolute Gasteiger partial charge is 0.379 e. The van der Waals surface area contributed by atoms with Gasteiger partial charge in [-0.1, -0.05) is 12.5 Å². The van der Waals surface area contributed by atoms with E-state index in [2.05, 4.69) is 11.8 Å². The van der Waals surface area contributed by atoms with Crippen LogP contribution >= 0.6 is 0 Å². The average Bonchev–Trinajstić information content (AvgIpc) is 2.91. The molecule has 1 aliphatic heterocycles. The van der Waals surface area contributed by atoms with E-state index in [1.165, 1.54) is 24.0 Å². The molecule has 0 saturated carbocycles. The molecular formula is C14H21NO2. The molecule has 0 radical (unpaired) electrons. The maximum atomic E-state index is 12.4. The number of rotatable bonds is 2. The van der Waals surface area contributed by atoms with Crippen LogP contribution in [0.2, 0.25) is 0 Å². The lowest BCUT2D eigenvalue weighted by Crippen LogP contribution is -2.41. The molecule has 1 heterocycles. The lowest BCUT2D eigenvalue weighted by Gasteiger charge is -2.30. The van der Waals surface area contributed by atoms with E-state index in [1.54, 1.807) is 0 Å². The summed E-state index contributed by atoms with van der Waals surface area (Å²) >= 11 is 0. The lowest BCUT2D eigenvalue weighted by molar-refractivity contribution is -0.120. The number of ketones is 1. The molecule has 0 amide bonds. The number of hydrogen-bond acceptors (Lipinski definition) is 3. The van der Waals surface area contributed by atoms with Gasteiger partial charge in [0.1, 0.15) is 0 Å². The smallest absolute Gasteiger partial charge is 0.163 e. The fourth-order valence-corrected chi connectivity index (χ4v) is 3.55. The van der Waals surface area contributed by atoms with Crippen LogP contribution < -0.4 is 0 Å². The molecule has 3 nitrogen and oxygen atoms in total. The maximum absolute atomic E-state index is 12.4. The number of hydrogen-bond donors (Lipinski definition) is 0. The van der Waals surface area contributed by atoms with E-state index >= 15 is 0 Å². The number of allylic oxidation sites excluding steroid dienone is 2. The second-order valence-corrected chi connectivity index (χ2v) is 5.53. The van der Waals surface area contributed by atoms with Crippen LogP contribution in [-0.2, 0) is 9.53 Å². The highest BCUT2D eigenvalue weighted by molar-refractivity contribution is 6.01. The number of morpholine rings is 1. The molecule has 3 rings (SSSR count). The predicted octanol–water partition coefficient (Wildman–Crippen LogP) is 1.63. The van der Waals surface area contributed by atoms with Gasteiger partial charge in [0.05, 0.1) is 13.2 Å². The molecule has 0 aromatic heterocycles. The standard InChI is InChI=1S/C14H21NO2/c1-10-11-3-2-4-12(11)14(16)13(10)9-15-5-7-17-8-6-15/h10,13H,2-9H2,1H3. The van der Waals surface area contributed by atoms with Crippen molar-refractivity contribution in [2.24, 2.45) is 11.8 Å². The van der Waals surface area contributed by atoms with Gasteiger partial charge in [0.2, 0.25) is 0 Å². The van der Waals surface area contributed by atoms with E-state index in [0.717, 1.165) is 39.3 Å². The van der Waals surface area contributed by atoms with E-state index in [0.29, 0.717) is 11.7 Å². The van der Waals surface area contributed by atoms with Crippen LogP contribution in [0, 0.1) is 11.8 Å². The second-order valence-electron chi connectivity index (χ2n) is 5.53. The SMILES string of the molecule is CC1C2=C(CCC2)C(=O)C1CN1CCOCC1. The zero-order valence-electron chi connectivity index (χ0n) is 10.6. The Kier molecular flexibility index (Phi) is 3.05. The summed E-state index contributed by atoms with van der Waals surface area (Å²) in [4.78, 5) is 14.7. The Morgan fingerprint density at radius 1 is 1.29 bits per heavy atom. The highest BCUT2D eigenvalue weighted by Crippen LogP contribution is 2.43. The highest BCUT2D eigenvalue weighted by Gasteiger charge is 2.41. The average molecular weight is 235 g/mol. The lowest BCUT2D eigenvalue weighted by atomic mass is 9.89. The normalized spacial score (nSPS) is 34.5. The Balaban J connectivity index is 1.67. The molecule has 3 heteroatoms. The number of ether oxygens (including phenoxy) is 1. The van der Waals surface area contributed by atoms with Crippen LogP contribution in [0.3, 0.4) is 0 Å².